The Morgan fingerprint density at radius 3 is 1.73 bits per heavy atom. The molecule has 0 amide bonds. The van der Waals surface area contributed by atoms with E-state index in [-0.39, 0.29) is 0 Å². The number of hydrogen-bond donors (Lipinski definition) is 0. The van der Waals surface area contributed by atoms with Gasteiger partial charge in [0.2, 0.25) is 0 Å². The molecule has 11 heavy (non-hydrogen) atoms. The maximum Gasteiger partial charge on any atom is 0.300 e. The van der Waals surface area contributed by atoms with Gasteiger partial charge < -0.3 is 0 Å². The van der Waals surface area contributed by atoms with Gasteiger partial charge in [-0.2, -0.15) is 12.7 Å². The van der Waals surface area contributed by atoms with E-state index >= 15 is 0 Å². The molecule has 0 N–H and O–H groups in total. The van der Waals surface area contributed by atoms with E-state index in [9.17, 15) is 16.8 Å². The molecule has 0 saturated heterocycles. The summed E-state index contributed by atoms with van der Waals surface area (Å²) in [4.78, 5) is 0. The van der Waals surface area contributed by atoms with Crippen molar-refractivity contribution in [2.45, 2.75) is 0 Å². The largest absolute Gasteiger partial charge is 0.300 e. The molecule has 0 radical (unpaired) electrons. The van der Waals surface area contributed by atoms with E-state index in [2.05, 4.69) is 0 Å². The van der Waals surface area contributed by atoms with Gasteiger partial charge in [-0.05, 0) is 0 Å². The van der Waals surface area contributed by atoms with Crippen molar-refractivity contribution in [2.24, 2.45) is 0 Å². The standard InChI is InChI=1S/C3H8ClNO4S2/c1-5(11(4,8)9)3-10(2,6)7/h3H2,1-2H3. The monoisotopic (exact) mass is 221 g/mol. The van der Waals surface area contributed by atoms with Crippen molar-refractivity contribution in [1.29, 1.82) is 0 Å². The molecule has 0 fully saturated rings. The van der Waals surface area contributed by atoms with Crippen LogP contribution >= 0.6 is 10.7 Å². The Labute approximate surface area is 70.4 Å². The van der Waals surface area contributed by atoms with Crippen molar-refractivity contribution < 1.29 is 16.8 Å². The third-order valence-corrected chi connectivity index (χ3v) is 3.39. The van der Waals surface area contributed by atoms with Crippen molar-refractivity contribution in [3.8, 4) is 0 Å². The second-order valence-electron chi connectivity index (χ2n) is 2.09. The number of nitrogens with zero attached hydrogens (tertiary/aromatic N) is 1. The summed E-state index contributed by atoms with van der Waals surface area (Å²) in [7, 11) is -1.34. The summed E-state index contributed by atoms with van der Waals surface area (Å²) in [5.74, 6) is -0.598. The van der Waals surface area contributed by atoms with Crippen LogP contribution < -0.4 is 0 Å². The average molecular weight is 222 g/mol. The fourth-order valence-electron chi connectivity index (χ4n) is 0.393. The molecule has 0 aliphatic rings. The first kappa shape index (κ1) is 11.2. The highest BCUT2D eigenvalue weighted by molar-refractivity contribution is 8.12. The van der Waals surface area contributed by atoms with Gasteiger partial charge >= 0.3 is 0 Å². The van der Waals surface area contributed by atoms with Crippen molar-refractivity contribution >= 4 is 29.8 Å². The Bertz CT molecular complexity index is 317. The van der Waals surface area contributed by atoms with Crippen molar-refractivity contribution in [2.75, 3.05) is 19.2 Å². The second kappa shape index (κ2) is 3.26. The van der Waals surface area contributed by atoms with Crippen LogP contribution in [-0.4, -0.2) is 40.3 Å². The summed E-state index contributed by atoms with van der Waals surface area (Å²) in [5, 5.41) is 0. The van der Waals surface area contributed by atoms with Crippen LogP contribution in [0.15, 0.2) is 0 Å². The minimum atomic E-state index is -3.91. The molecule has 5 nitrogen and oxygen atoms in total. The van der Waals surface area contributed by atoms with Gasteiger partial charge in [0.1, 0.15) is 5.88 Å². The zero-order valence-corrected chi connectivity index (χ0v) is 8.37. The maximum atomic E-state index is 10.5. The highest BCUT2D eigenvalue weighted by Crippen LogP contribution is 2.03. The molecular formula is C3H8ClNO4S2. The maximum absolute atomic E-state index is 10.5. The highest BCUT2D eigenvalue weighted by atomic mass is 35.7. The minimum absolute atomic E-state index is 0.546. The van der Waals surface area contributed by atoms with Gasteiger partial charge in [-0.15, -0.1) is 0 Å². The smallest absolute Gasteiger partial charge is 0.228 e. The zero-order chi connectivity index (χ0) is 9.28. The summed E-state index contributed by atoms with van der Waals surface area (Å²) in [6.07, 6.45) is 0.922. The Kier molecular flexibility index (Phi) is 3.30. The number of sulfone groups is 1. The average Bonchev–Trinajstić information content (AvgIpc) is 1.56. The fourth-order valence-corrected chi connectivity index (χ4v) is 2.49. The molecular weight excluding hydrogens is 214 g/mol. The lowest BCUT2D eigenvalue weighted by Crippen LogP contribution is -2.28. The summed E-state index contributed by atoms with van der Waals surface area (Å²) < 4.78 is 42.5. The number of hydrogen-bond acceptors (Lipinski definition) is 4. The van der Waals surface area contributed by atoms with Gasteiger partial charge in [-0.25, -0.2) is 8.42 Å². The Balaban J connectivity index is 4.47. The van der Waals surface area contributed by atoms with Gasteiger partial charge in [-0.3, -0.25) is 0 Å². The first-order chi connectivity index (χ1) is 4.63. The van der Waals surface area contributed by atoms with Crippen LogP contribution in [0.3, 0.4) is 0 Å². The summed E-state index contributed by atoms with van der Waals surface area (Å²) >= 11 is 0. The van der Waals surface area contributed by atoms with E-state index in [0.29, 0.717) is 4.31 Å². The van der Waals surface area contributed by atoms with Crippen molar-refractivity contribution in [3.63, 3.8) is 0 Å². The third kappa shape index (κ3) is 5.42. The summed E-state index contributed by atoms with van der Waals surface area (Å²) in [6.45, 7) is 0. The zero-order valence-electron chi connectivity index (χ0n) is 5.98. The Morgan fingerprint density at radius 2 is 1.64 bits per heavy atom. The molecule has 0 spiro atoms. The number of halogens is 1. The fraction of sp³-hybridized carbons (Fsp3) is 1.00. The molecule has 0 unspecified atom stereocenters. The summed E-state index contributed by atoms with van der Waals surface area (Å²) in [5.41, 5.74) is 0. The molecule has 8 heteroatoms. The first-order valence-electron chi connectivity index (χ1n) is 2.46. The molecule has 0 aromatic carbocycles. The minimum Gasteiger partial charge on any atom is -0.228 e. The van der Waals surface area contributed by atoms with Crippen LogP contribution in [0.25, 0.3) is 0 Å². The molecule has 0 heterocycles. The Hall–Kier alpha value is 0.150. The van der Waals surface area contributed by atoms with E-state index in [1.165, 1.54) is 0 Å². The van der Waals surface area contributed by atoms with Crippen LogP contribution in [0.5, 0.6) is 0 Å². The van der Waals surface area contributed by atoms with Gasteiger partial charge in [0, 0.05) is 24.0 Å². The lowest BCUT2D eigenvalue weighted by atomic mass is 11.2. The molecule has 0 aliphatic carbocycles. The molecule has 0 aromatic heterocycles. The van der Waals surface area contributed by atoms with Crippen LogP contribution in [0.4, 0.5) is 0 Å². The SMILES string of the molecule is CN(CS(C)(=O)=O)S(=O)(=O)Cl. The van der Waals surface area contributed by atoms with E-state index in [0.717, 1.165) is 13.3 Å². The second-order valence-corrected chi connectivity index (χ2v) is 6.82. The molecule has 68 valence electrons. The van der Waals surface area contributed by atoms with Gasteiger partial charge in [-0.1, -0.05) is 0 Å². The predicted molar refractivity (Wildman–Crippen MR) is 42.2 cm³/mol. The van der Waals surface area contributed by atoms with Crippen LogP contribution in [0.1, 0.15) is 0 Å². The molecule has 0 aliphatic heterocycles. The van der Waals surface area contributed by atoms with E-state index in [1.807, 2.05) is 0 Å². The van der Waals surface area contributed by atoms with Crippen LogP contribution in [0, 0.1) is 0 Å². The molecule has 0 aromatic rings. The molecule has 0 rings (SSSR count). The molecule has 0 atom stereocenters. The van der Waals surface area contributed by atoms with E-state index < -0.39 is 25.0 Å². The molecule has 0 saturated carbocycles. The third-order valence-electron chi connectivity index (χ3n) is 0.789. The Morgan fingerprint density at radius 1 is 1.27 bits per heavy atom. The normalized spacial score (nSPS) is 13.8. The lowest BCUT2D eigenvalue weighted by molar-refractivity contribution is 0.512. The quantitative estimate of drug-likeness (QED) is 0.597. The van der Waals surface area contributed by atoms with Gasteiger partial charge in [0.05, 0.1) is 0 Å². The highest BCUT2D eigenvalue weighted by Gasteiger charge is 2.17. The number of rotatable bonds is 3. The molecule has 0 bridgehead atoms. The van der Waals surface area contributed by atoms with E-state index in [4.69, 9.17) is 10.7 Å². The predicted octanol–water partition coefficient (Wildman–Crippen LogP) is -0.596. The van der Waals surface area contributed by atoms with Gasteiger partial charge in [0.15, 0.2) is 9.84 Å². The van der Waals surface area contributed by atoms with E-state index in [1.54, 1.807) is 0 Å². The first-order valence-corrected chi connectivity index (χ1v) is 6.79. The topological polar surface area (TPSA) is 71.5 Å². The summed E-state index contributed by atoms with van der Waals surface area (Å²) in [6, 6.07) is 0. The van der Waals surface area contributed by atoms with Crippen LogP contribution in [-0.2, 0) is 19.1 Å². The lowest BCUT2D eigenvalue weighted by Gasteiger charge is -2.09. The van der Waals surface area contributed by atoms with Crippen molar-refractivity contribution in [1.82, 2.24) is 4.31 Å². The van der Waals surface area contributed by atoms with Gasteiger partial charge in [0.25, 0.3) is 9.24 Å². The van der Waals surface area contributed by atoms with Crippen molar-refractivity contribution in [3.05, 3.63) is 0 Å². The van der Waals surface area contributed by atoms with Crippen LogP contribution in [0.2, 0.25) is 0 Å².